The van der Waals surface area contributed by atoms with E-state index in [0.717, 1.165) is 0 Å². The molecule has 4 atom stereocenters. The minimum absolute atomic E-state index is 0.167. The molecule has 2 N–H and O–H groups in total. The van der Waals surface area contributed by atoms with Gasteiger partial charge in [0.2, 0.25) is 0 Å². The zero-order valence-electron chi connectivity index (χ0n) is 12.0. The van der Waals surface area contributed by atoms with Gasteiger partial charge in [0.1, 0.15) is 18.3 Å². The van der Waals surface area contributed by atoms with Crippen LogP contribution in [0.5, 0.6) is 0 Å². The quantitative estimate of drug-likeness (QED) is 0.718. The highest BCUT2D eigenvalue weighted by Gasteiger charge is 2.55. The average Bonchev–Trinajstić information content (AvgIpc) is 3.10. The third kappa shape index (κ3) is 1.88. The van der Waals surface area contributed by atoms with E-state index in [4.69, 9.17) is 14.2 Å². The Labute approximate surface area is 124 Å². The van der Waals surface area contributed by atoms with Crippen molar-refractivity contribution in [2.75, 3.05) is 6.61 Å². The van der Waals surface area contributed by atoms with Crippen LogP contribution >= 0.6 is 0 Å². The summed E-state index contributed by atoms with van der Waals surface area (Å²) < 4.78 is 19.1. The van der Waals surface area contributed by atoms with Crippen LogP contribution in [0.25, 0.3) is 11.2 Å². The van der Waals surface area contributed by atoms with E-state index in [0.29, 0.717) is 5.65 Å². The number of nitrogens with zero attached hydrogens (tertiary/aromatic N) is 4. The molecule has 2 aromatic rings. The molecule has 0 amide bonds. The summed E-state index contributed by atoms with van der Waals surface area (Å²) in [5.41, 5.74) is 0.0288. The molecule has 4 heterocycles. The van der Waals surface area contributed by atoms with E-state index in [9.17, 15) is 9.90 Å². The molecular formula is C12H15N5O5. The third-order valence-electron chi connectivity index (χ3n) is 3.86. The number of H-pyrrole nitrogens is 1. The number of ether oxygens (including phenoxy) is 3. The first-order valence-corrected chi connectivity index (χ1v) is 6.90. The van der Waals surface area contributed by atoms with Crippen molar-refractivity contribution in [2.45, 2.75) is 44.2 Å². The second-order valence-electron chi connectivity index (χ2n) is 5.78. The molecule has 2 fully saturated rings. The normalized spacial score (nSPS) is 33.4. The molecule has 0 spiro atoms. The van der Waals surface area contributed by atoms with Gasteiger partial charge < -0.3 is 19.3 Å². The predicted molar refractivity (Wildman–Crippen MR) is 70.8 cm³/mol. The number of aliphatic hydroxyl groups is 1. The smallest absolute Gasteiger partial charge is 0.295 e. The molecule has 0 unspecified atom stereocenters. The largest absolute Gasteiger partial charge is 0.394 e. The SMILES string of the molecule is CC1(C)O[C@@H]2[C@H](O1)[C@@H](CO)O[C@@H]2n1cnc2c(=O)[nH]nnc21. The van der Waals surface area contributed by atoms with Crippen molar-refractivity contribution < 1.29 is 19.3 Å². The molecule has 0 saturated carbocycles. The Morgan fingerprint density at radius 2 is 2.18 bits per heavy atom. The second kappa shape index (κ2) is 4.56. The summed E-state index contributed by atoms with van der Waals surface area (Å²) in [5.74, 6) is -0.773. The van der Waals surface area contributed by atoms with Crippen LogP contribution in [0.1, 0.15) is 20.1 Å². The Morgan fingerprint density at radius 3 is 2.95 bits per heavy atom. The summed E-state index contributed by atoms with van der Waals surface area (Å²) in [6.45, 7) is 3.40. The van der Waals surface area contributed by atoms with Gasteiger partial charge in [-0.2, -0.15) is 0 Å². The van der Waals surface area contributed by atoms with E-state index in [-0.39, 0.29) is 12.1 Å². The second-order valence-corrected chi connectivity index (χ2v) is 5.78. The topological polar surface area (TPSA) is 124 Å². The number of aromatic amines is 1. The maximum Gasteiger partial charge on any atom is 0.295 e. The number of hydrogen-bond acceptors (Lipinski definition) is 8. The Morgan fingerprint density at radius 1 is 1.41 bits per heavy atom. The number of imidazole rings is 1. The fourth-order valence-corrected chi connectivity index (χ4v) is 3.00. The first kappa shape index (κ1) is 13.8. The summed E-state index contributed by atoms with van der Waals surface area (Å²) in [4.78, 5) is 15.7. The van der Waals surface area contributed by atoms with Crippen molar-refractivity contribution in [3.8, 4) is 0 Å². The maximum absolute atomic E-state index is 11.7. The third-order valence-corrected chi connectivity index (χ3v) is 3.86. The Kier molecular flexibility index (Phi) is 2.85. The fourth-order valence-electron chi connectivity index (χ4n) is 3.00. The Balaban J connectivity index is 1.78. The highest BCUT2D eigenvalue weighted by atomic mass is 16.8. The minimum Gasteiger partial charge on any atom is -0.394 e. The molecule has 2 aromatic heterocycles. The van der Waals surface area contributed by atoms with Crippen LogP contribution in [0.15, 0.2) is 11.1 Å². The van der Waals surface area contributed by atoms with Gasteiger partial charge in [-0.25, -0.2) is 10.1 Å². The zero-order valence-corrected chi connectivity index (χ0v) is 12.0. The molecule has 2 saturated heterocycles. The van der Waals surface area contributed by atoms with E-state index < -0.39 is 35.9 Å². The zero-order chi connectivity index (χ0) is 15.5. The molecule has 118 valence electrons. The monoisotopic (exact) mass is 309 g/mol. The molecule has 0 bridgehead atoms. The Hall–Kier alpha value is -1.88. The van der Waals surface area contributed by atoms with E-state index in [1.54, 1.807) is 18.4 Å². The molecule has 2 aliphatic heterocycles. The molecule has 10 heteroatoms. The molecule has 22 heavy (non-hydrogen) atoms. The number of aliphatic hydroxyl groups excluding tert-OH is 1. The lowest BCUT2D eigenvalue weighted by molar-refractivity contribution is -0.199. The number of fused-ring (bicyclic) bond motifs is 2. The van der Waals surface area contributed by atoms with Gasteiger partial charge in [-0.3, -0.25) is 9.36 Å². The average molecular weight is 309 g/mol. The molecule has 0 aliphatic carbocycles. The summed E-state index contributed by atoms with van der Waals surface area (Å²) >= 11 is 0. The van der Waals surface area contributed by atoms with Crippen LogP contribution in [0.2, 0.25) is 0 Å². The van der Waals surface area contributed by atoms with Crippen LogP contribution in [0.3, 0.4) is 0 Å². The van der Waals surface area contributed by atoms with Gasteiger partial charge in [-0.05, 0) is 13.8 Å². The van der Waals surface area contributed by atoms with Crippen LogP contribution in [-0.4, -0.2) is 60.8 Å². The van der Waals surface area contributed by atoms with Crippen molar-refractivity contribution in [3.63, 3.8) is 0 Å². The molecule has 2 aliphatic rings. The van der Waals surface area contributed by atoms with Crippen LogP contribution in [0.4, 0.5) is 0 Å². The van der Waals surface area contributed by atoms with Crippen molar-refractivity contribution in [3.05, 3.63) is 16.7 Å². The molecular weight excluding hydrogens is 294 g/mol. The number of nitrogens with one attached hydrogen (secondary N) is 1. The van der Waals surface area contributed by atoms with Crippen molar-refractivity contribution >= 4 is 11.2 Å². The van der Waals surface area contributed by atoms with E-state index in [2.05, 4.69) is 20.4 Å². The van der Waals surface area contributed by atoms with Crippen LogP contribution < -0.4 is 5.56 Å². The molecule has 10 nitrogen and oxygen atoms in total. The molecule has 0 radical (unpaired) electrons. The van der Waals surface area contributed by atoms with E-state index in [1.165, 1.54) is 6.33 Å². The molecule has 4 rings (SSSR count). The summed E-state index contributed by atoms with van der Waals surface area (Å²) in [5, 5.41) is 19.2. The Bertz CT molecular complexity index is 771. The van der Waals surface area contributed by atoms with Gasteiger partial charge in [-0.1, -0.05) is 5.21 Å². The van der Waals surface area contributed by atoms with Gasteiger partial charge >= 0.3 is 0 Å². The van der Waals surface area contributed by atoms with Gasteiger partial charge in [-0.15, -0.1) is 5.10 Å². The van der Waals surface area contributed by atoms with Crippen LogP contribution in [0, 0.1) is 0 Å². The highest BCUT2D eigenvalue weighted by Crippen LogP contribution is 2.43. The lowest BCUT2D eigenvalue weighted by atomic mass is 10.1. The maximum atomic E-state index is 11.7. The van der Waals surface area contributed by atoms with Crippen LogP contribution in [-0.2, 0) is 14.2 Å². The van der Waals surface area contributed by atoms with Gasteiger partial charge in [0, 0.05) is 0 Å². The summed E-state index contributed by atoms with van der Waals surface area (Å²) in [7, 11) is 0. The standard InChI is InChI=1S/C12H15N5O5/c1-12(2)21-7-5(3-18)20-11(8(7)22-12)17-4-13-6-9(17)14-16-15-10(6)19/h4-5,7-8,11,18H,3H2,1-2H3,(H,14,15,19)/t5-,7-,8-,11+/m1/s1. The van der Waals surface area contributed by atoms with E-state index >= 15 is 0 Å². The first-order valence-electron chi connectivity index (χ1n) is 6.90. The number of hydrogen-bond donors (Lipinski definition) is 2. The summed E-state index contributed by atoms with van der Waals surface area (Å²) in [6, 6.07) is 0. The van der Waals surface area contributed by atoms with Crippen molar-refractivity contribution in [1.82, 2.24) is 25.0 Å². The fraction of sp³-hybridized carbons (Fsp3) is 0.667. The number of rotatable bonds is 2. The number of aromatic nitrogens is 5. The minimum atomic E-state index is -0.773. The first-order chi connectivity index (χ1) is 10.5. The van der Waals surface area contributed by atoms with Gasteiger partial charge in [0.05, 0.1) is 12.9 Å². The predicted octanol–water partition coefficient (Wildman–Crippen LogP) is -1.08. The van der Waals surface area contributed by atoms with Crippen molar-refractivity contribution in [2.24, 2.45) is 0 Å². The lowest BCUT2D eigenvalue weighted by Crippen LogP contribution is -2.31. The van der Waals surface area contributed by atoms with Gasteiger partial charge in [0.15, 0.2) is 23.2 Å². The lowest BCUT2D eigenvalue weighted by Gasteiger charge is -2.24. The highest BCUT2D eigenvalue weighted by molar-refractivity contribution is 5.68. The molecule has 0 aromatic carbocycles. The summed E-state index contributed by atoms with van der Waals surface area (Å²) in [6.07, 6.45) is -0.526. The van der Waals surface area contributed by atoms with Gasteiger partial charge in [0.25, 0.3) is 5.56 Å². The van der Waals surface area contributed by atoms with E-state index in [1.807, 2.05) is 0 Å². The van der Waals surface area contributed by atoms with Crippen molar-refractivity contribution in [1.29, 1.82) is 0 Å².